The van der Waals surface area contributed by atoms with Crippen LogP contribution in [0, 0.1) is 0 Å². The number of nitrogens with zero attached hydrogens (tertiary/aromatic N) is 1. The molecule has 3 rings (SSSR count). The van der Waals surface area contributed by atoms with Crippen LogP contribution in [0.1, 0.15) is 27.6 Å². The number of carbonyl (C=O) groups excluding carboxylic acids is 3. The highest BCUT2D eigenvalue weighted by Gasteiger charge is 2.12. The van der Waals surface area contributed by atoms with Crippen LogP contribution in [-0.4, -0.2) is 22.5 Å². The van der Waals surface area contributed by atoms with E-state index in [1.165, 1.54) is 6.92 Å². The number of rotatable bonds is 5. The van der Waals surface area contributed by atoms with Crippen LogP contribution in [0.3, 0.4) is 0 Å². The van der Waals surface area contributed by atoms with Crippen molar-refractivity contribution in [2.24, 2.45) is 0 Å². The molecule has 0 saturated heterocycles. The van der Waals surface area contributed by atoms with Gasteiger partial charge in [0.05, 0.1) is 0 Å². The zero-order valence-corrected chi connectivity index (χ0v) is 15.0. The van der Waals surface area contributed by atoms with Crippen molar-refractivity contribution in [1.82, 2.24) is 4.57 Å². The highest BCUT2D eigenvalue weighted by Crippen LogP contribution is 2.24. The number of hydrogen-bond donors (Lipinski definition) is 1. The third kappa shape index (κ3) is 3.69. The highest BCUT2D eigenvalue weighted by atomic mass is 79.9. The Hall–Kier alpha value is -2.73. The van der Waals surface area contributed by atoms with Gasteiger partial charge in [0.25, 0.3) is 0 Å². The molecule has 1 aromatic heterocycles. The lowest BCUT2D eigenvalue weighted by atomic mass is 10.1. The van der Waals surface area contributed by atoms with E-state index in [0.717, 1.165) is 21.7 Å². The van der Waals surface area contributed by atoms with Crippen molar-refractivity contribution in [3.05, 3.63) is 64.3 Å². The molecule has 0 aliphatic heterocycles. The lowest BCUT2D eigenvalue weighted by Gasteiger charge is -2.08. The third-order valence-electron chi connectivity index (χ3n) is 3.87. The summed E-state index contributed by atoms with van der Waals surface area (Å²) in [6, 6.07) is 12.4. The van der Waals surface area contributed by atoms with Crippen LogP contribution >= 0.6 is 15.9 Å². The minimum atomic E-state index is -0.238. The number of benzene rings is 2. The van der Waals surface area contributed by atoms with E-state index in [0.29, 0.717) is 16.8 Å². The van der Waals surface area contributed by atoms with Gasteiger partial charge in [-0.15, -0.1) is 0 Å². The molecule has 5 nitrogen and oxygen atoms in total. The molecule has 6 heteroatoms. The van der Waals surface area contributed by atoms with Gasteiger partial charge in [0.15, 0.2) is 12.1 Å². The van der Waals surface area contributed by atoms with Gasteiger partial charge < -0.3 is 9.88 Å². The summed E-state index contributed by atoms with van der Waals surface area (Å²) in [7, 11) is 0. The van der Waals surface area contributed by atoms with Gasteiger partial charge in [0.1, 0.15) is 6.54 Å². The molecule has 1 heterocycles. The zero-order chi connectivity index (χ0) is 18.0. The number of fused-ring (bicyclic) bond motifs is 1. The summed E-state index contributed by atoms with van der Waals surface area (Å²) in [5, 5.41) is 3.57. The smallest absolute Gasteiger partial charge is 0.244 e. The number of nitrogens with one attached hydrogen (secondary N) is 1. The predicted molar refractivity (Wildman–Crippen MR) is 100 cm³/mol. The summed E-state index contributed by atoms with van der Waals surface area (Å²) in [5.74, 6) is -0.299. The minimum absolute atomic E-state index is 0.0614. The maximum atomic E-state index is 12.4. The van der Waals surface area contributed by atoms with Crippen LogP contribution in [0.15, 0.2) is 53.1 Å². The first-order chi connectivity index (χ1) is 12.0. The Morgan fingerprint density at radius 1 is 1.20 bits per heavy atom. The van der Waals surface area contributed by atoms with Crippen molar-refractivity contribution in [2.45, 2.75) is 13.5 Å². The molecule has 0 atom stereocenters. The monoisotopic (exact) mass is 398 g/mol. The molecular formula is C19H15BrN2O3. The Balaban J connectivity index is 1.84. The van der Waals surface area contributed by atoms with Gasteiger partial charge >= 0.3 is 0 Å². The van der Waals surface area contributed by atoms with Crippen LogP contribution in [0.5, 0.6) is 0 Å². The van der Waals surface area contributed by atoms with Crippen molar-refractivity contribution in [1.29, 1.82) is 0 Å². The Bertz CT molecular complexity index is 991. The average Bonchev–Trinajstić information content (AvgIpc) is 2.91. The van der Waals surface area contributed by atoms with E-state index < -0.39 is 0 Å². The lowest BCUT2D eigenvalue weighted by molar-refractivity contribution is -0.116. The summed E-state index contributed by atoms with van der Waals surface area (Å²) < 4.78 is 2.60. The molecule has 0 aliphatic rings. The average molecular weight is 399 g/mol. The summed E-state index contributed by atoms with van der Waals surface area (Å²) in [4.78, 5) is 35.0. The van der Waals surface area contributed by atoms with Crippen LogP contribution in [0.2, 0.25) is 0 Å². The molecule has 0 aliphatic carbocycles. The Morgan fingerprint density at radius 3 is 2.72 bits per heavy atom. The summed E-state index contributed by atoms with van der Waals surface area (Å²) >= 11 is 3.39. The maximum Gasteiger partial charge on any atom is 0.244 e. The molecule has 25 heavy (non-hydrogen) atoms. The lowest BCUT2D eigenvalue weighted by Crippen LogP contribution is -2.18. The summed E-state index contributed by atoms with van der Waals surface area (Å²) in [5.41, 5.74) is 2.44. The number of carbonyl (C=O) groups is 3. The molecule has 0 bridgehead atoms. The first-order valence-electron chi connectivity index (χ1n) is 7.62. The van der Waals surface area contributed by atoms with Crippen LogP contribution in [0.25, 0.3) is 10.9 Å². The van der Waals surface area contributed by atoms with E-state index in [4.69, 9.17) is 0 Å². The number of ketones is 1. The number of anilines is 1. The number of halogens is 1. The van der Waals surface area contributed by atoms with Crippen molar-refractivity contribution < 1.29 is 14.4 Å². The van der Waals surface area contributed by atoms with E-state index >= 15 is 0 Å². The second-order valence-electron chi connectivity index (χ2n) is 5.68. The summed E-state index contributed by atoms with van der Waals surface area (Å²) in [6.45, 7) is 1.54. The fraction of sp³-hybridized carbons (Fsp3) is 0.105. The zero-order valence-electron chi connectivity index (χ0n) is 13.5. The van der Waals surface area contributed by atoms with Crippen molar-refractivity contribution in [3.63, 3.8) is 0 Å². The normalized spacial score (nSPS) is 10.6. The molecule has 0 spiro atoms. The third-order valence-corrected chi connectivity index (χ3v) is 4.36. The topological polar surface area (TPSA) is 68.2 Å². The minimum Gasteiger partial charge on any atom is -0.337 e. The molecule has 1 amide bonds. The molecule has 0 radical (unpaired) electrons. The van der Waals surface area contributed by atoms with Crippen molar-refractivity contribution >= 4 is 50.5 Å². The molecule has 0 unspecified atom stereocenters. The van der Waals surface area contributed by atoms with Crippen LogP contribution < -0.4 is 5.32 Å². The van der Waals surface area contributed by atoms with Gasteiger partial charge in [-0.2, -0.15) is 0 Å². The van der Waals surface area contributed by atoms with Gasteiger partial charge in [0.2, 0.25) is 5.91 Å². The van der Waals surface area contributed by atoms with Crippen molar-refractivity contribution in [3.8, 4) is 0 Å². The highest BCUT2D eigenvalue weighted by molar-refractivity contribution is 9.10. The van der Waals surface area contributed by atoms with E-state index in [-0.39, 0.29) is 18.2 Å². The van der Waals surface area contributed by atoms with Crippen LogP contribution in [0.4, 0.5) is 5.69 Å². The molecule has 2 aromatic carbocycles. The predicted octanol–water partition coefficient (Wildman–Crippen LogP) is 4.06. The maximum absolute atomic E-state index is 12.4. The molecule has 0 fully saturated rings. The second kappa shape index (κ2) is 7.03. The van der Waals surface area contributed by atoms with E-state index in [2.05, 4.69) is 21.2 Å². The van der Waals surface area contributed by atoms with E-state index in [1.54, 1.807) is 35.0 Å². The number of amides is 1. The SMILES string of the molecule is CC(=O)c1cccc(NC(=O)Cn2cc(C=O)c3cc(Br)ccc32)c1. The van der Waals surface area contributed by atoms with Gasteiger partial charge in [0, 0.05) is 38.4 Å². The molecule has 0 saturated carbocycles. The first-order valence-corrected chi connectivity index (χ1v) is 8.41. The number of Topliss-reactive ketones (excluding diaryl/α,β-unsaturated/α-hetero) is 1. The van der Waals surface area contributed by atoms with Gasteiger partial charge in [-0.1, -0.05) is 28.1 Å². The number of hydrogen-bond acceptors (Lipinski definition) is 3. The Labute approximate surface area is 152 Å². The quantitative estimate of drug-likeness (QED) is 0.520. The number of aromatic nitrogens is 1. The molecule has 1 N–H and O–H groups in total. The van der Waals surface area contributed by atoms with Crippen LogP contribution in [-0.2, 0) is 11.3 Å². The fourth-order valence-electron chi connectivity index (χ4n) is 2.69. The Morgan fingerprint density at radius 2 is 2.00 bits per heavy atom. The molecule has 126 valence electrons. The van der Waals surface area contributed by atoms with E-state index in [9.17, 15) is 14.4 Å². The van der Waals surface area contributed by atoms with Gasteiger partial charge in [-0.05, 0) is 37.3 Å². The first kappa shape index (κ1) is 17.1. The summed E-state index contributed by atoms with van der Waals surface area (Å²) in [6.07, 6.45) is 2.44. The standard InChI is InChI=1S/C19H15BrN2O3/c1-12(24)13-3-2-4-16(7-13)21-19(25)10-22-9-14(11-23)17-8-15(20)5-6-18(17)22/h2-9,11H,10H2,1H3,(H,21,25). The van der Waals surface area contributed by atoms with E-state index in [1.807, 2.05) is 18.2 Å². The van der Waals surface area contributed by atoms with Gasteiger partial charge in [-0.25, -0.2) is 0 Å². The number of aldehydes is 1. The Kier molecular flexibility index (Phi) is 4.81. The second-order valence-corrected chi connectivity index (χ2v) is 6.59. The largest absolute Gasteiger partial charge is 0.337 e. The van der Waals surface area contributed by atoms with Gasteiger partial charge in [-0.3, -0.25) is 14.4 Å². The fourth-order valence-corrected chi connectivity index (χ4v) is 3.05. The molecular weight excluding hydrogens is 384 g/mol. The molecule has 3 aromatic rings. The van der Waals surface area contributed by atoms with Crippen molar-refractivity contribution in [2.75, 3.05) is 5.32 Å².